The van der Waals surface area contributed by atoms with Crippen molar-refractivity contribution in [2.45, 2.75) is 50.0 Å². The molecule has 10 heteroatoms. The highest BCUT2D eigenvalue weighted by molar-refractivity contribution is 5.95. The number of amides is 3. The van der Waals surface area contributed by atoms with Gasteiger partial charge >= 0.3 is 5.97 Å². The van der Waals surface area contributed by atoms with Gasteiger partial charge in [0.15, 0.2) is 6.04 Å². The smallest absolute Gasteiger partial charge is 0.320 e. The van der Waals surface area contributed by atoms with Crippen LogP contribution in [0.25, 0.3) is 0 Å². The van der Waals surface area contributed by atoms with Crippen LogP contribution in [0, 0.1) is 0 Å². The topological polar surface area (TPSA) is 160 Å². The van der Waals surface area contributed by atoms with Crippen molar-refractivity contribution in [3.63, 3.8) is 0 Å². The Kier molecular flexibility index (Phi) is 9.48. The molecule has 0 saturated carbocycles. The molecule has 3 aromatic carbocycles. The van der Waals surface area contributed by atoms with Gasteiger partial charge in [-0.2, -0.15) is 0 Å². The summed E-state index contributed by atoms with van der Waals surface area (Å²) in [6.45, 7) is 0. The second kappa shape index (κ2) is 13.4. The maximum atomic E-state index is 13.3. The summed E-state index contributed by atoms with van der Waals surface area (Å²) in [4.78, 5) is 49.3. The molecule has 40 heavy (non-hydrogen) atoms. The molecule has 1 aliphatic rings. The minimum absolute atomic E-state index is 0.161. The average Bonchev–Trinajstić information content (AvgIpc) is 2.96. The van der Waals surface area contributed by atoms with E-state index in [4.69, 9.17) is 15.6 Å². The molecule has 4 atom stereocenters. The largest absolute Gasteiger partial charge is 0.480 e. The number of benzene rings is 3. The van der Waals surface area contributed by atoms with E-state index in [0.717, 1.165) is 16.7 Å². The SMILES string of the molecule is N[C@@H](Cc1ccc(O[C@@H]2NC(=O)[C@H]2NC(=O)[C@H](Cc2ccccc2)NC(=O)CCc2ccccc2)cc1)C(=O)O. The number of rotatable bonds is 13. The number of carboxylic acids is 1. The van der Waals surface area contributed by atoms with Crippen LogP contribution in [-0.2, 0) is 38.4 Å². The lowest BCUT2D eigenvalue weighted by Crippen LogP contribution is -2.72. The number of aryl methyl sites for hydroxylation is 1. The maximum Gasteiger partial charge on any atom is 0.320 e. The van der Waals surface area contributed by atoms with Crippen molar-refractivity contribution in [1.82, 2.24) is 16.0 Å². The Morgan fingerprint density at radius 2 is 1.48 bits per heavy atom. The van der Waals surface area contributed by atoms with E-state index in [2.05, 4.69) is 16.0 Å². The normalized spacial score (nSPS) is 17.5. The lowest BCUT2D eigenvalue weighted by molar-refractivity contribution is -0.144. The predicted octanol–water partition coefficient (Wildman–Crippen LogP) is 1.32. The molecule has 0 aromatic heterocycles. The van der Waals surface area contributed by atoms with E-state index in [9.17, 15) is 19.2 Å². The van der Waals surface area contributed by atoms with Crippen LogP contribution < -0.4 is 26.4 Å². The van der Waals surface area contributed by atoms with E-state index < -0.39 is 42.1 Å². The minimum atomic E-state index is -1.09. The van der Waals surface area contributed by atoms with Crippen LogP contribution in [0.1, 0.15) is 23.1 Å². The number of hydrogen-bond acceptors (Lipinski definition) is 6. The Bertz CT molecular complexity index is 1320. The van der Waals surface area contributed by atoms with E-state index in [0.29, 0.717) is 12.2 Å². The molecule has 1 heterocycles. The molecule has 0 spiro atoms. The van der Waals surface area contributed by atoms with Crippen LogP contribution in [0.2, 0.25) is 0 Å². The Labute approximate surface area is 231 Å². The number of carbonyl (C=O) groups excluding carboxylic acids is 3. The summed E-state index contributed by atoms with van der Waals surface area (Å²) in [7, 11) is 0. The number of nitrogens with two attached hydrogens (primary N) is 1. The van der Waals surface area contributed by atoms with Crippen molar-refractivity contribution >= 4 is 23.7 Å². The number of carboxylic acid groups (broad SMARTS) is 1. The molecule has 0 radical (unpaired) electrons. The fraction of sp³-hybridized carbons (Fsp3) is 0.267. The van der Waals surface area contributed by atoms with Crippen molar-refractivity contribution < 1.29 is 29.0 Å². The van der Waals surface area contributed by atoms with Crippen LogP contribution in [0.15, 0.2) is 84.9 Å². The van der Waals surface area contributed by atoms with Crippen molar-refractivity contribution in [2.75, 3.05) is 0 Å². The van der Waals surface area contributed by atoms with Gasteiger partial charge in [0.1, 0.15) is 17.8 Å². The second-order valence-corrected chi connectivity index (χ2v) is 9.62. The zero-order valence-corrected chi connectivity index (χ0v) is 21.8. The highest BCUT2D eigenvalue weighted by Gasteiger charge is 2.43. The standard InChI is InChI=1S/C30H32N4O6/c31-23(30(38)39)17-21-11-14-22(15-12-21)40-29-26(28(37)34-29)33-27(36)24(18-20-9-5-2-6-10-20)32-25(35)16-13-19-7-3-1-4-8-19/h1-12,14-15,23-24,26,29H,13,16-18,31H2,(H,32,35)(H,33,36)(H,34,37)(H,38,39)/t23-,24-,26+,29-/m0/s1. The fourth-order valence-electron chi connectivity index (χ4n) is 4.27. The van der Waals surface area contributed by atoms with E-state index in [1.807, 2.05) is 60.7 Å². The third-order valence-corrected chi connectivity index (χ3v) is 6.54. The molecule has 4 rings (SSSR count). The van der Waals surface area contributed by atoms with Crippen LogP contribution in [0.4, 0.5) is 0 Å². The first-order valence-corrected chi connectivity index (χ1v) is 13.0. The van der Waals surface area contributed by atoms with E-state index in [1.54, 1.807) is 24.3 Å². The monoisotopic (exact) mass is 544 g/mol. The zero-order valence-electron chi connectivity index (χ0n) is 21.8. The van der Waals surface area contributed by atoms with Crippen LogP contribution in [-0.4, -0.2) is 53.2 Å². The van der Waals surface area contributed by atoms with Gasteiger partial charge in [-0.3, -0.25) is 19.2 Å². The molecule has 3 aromatic rings. The molecule has 1 fully saturated rings. The molecule has 3 amide bonds. The van der Waals surface area contributed by atoms with Gasteiger partial charge in [-0.05, 0) is 41.7 Å². The van der Waals surface area contributed by atoms with Crippen molar-refractivity contribution in [3.05, 3.63) is 102 Å². The van der Waals surface area contributed by atoms with Gasteiger partial charge in [0, 0.05) is 12.8 Å². The van der Waals surface area contributed by atoms with Gasteiger partial charge in [-0.15, -0.1) is 0 Å². The number of β-lactam (4-membered cyclic amide) rings is 1. The van der Waals surface area contributed by atoms with Crippen LogP contribution in [0.5, 0.6) is 5.75 Å². The Hall–Kier alpha value is -4.70. The van der Waals surface area contributed by atoms with Crippen molar-refractivity contribution in [3.8, 4) is 5.75 Å². The quantitative estimate of drug-likeness (QED) is 0.203. The van der Waals surface area contributed by atoms with Crippen molar-refractivity contribution in [1.29, 1.82) is 0 Å². The molecule has 208 valence electrons. The first-order valence-electron chi connectivity index (χ1n) is 13.0. The summed E-state index contributed by atoms with van der Waals surface area (Å²) in [6, 6.07) is 22.7. The fourth-order valence-corrected chi connectivity index (χ4v) is 4.27. The third-order valence-electron chi connectivity index (χ3n) is 6.54. The molecule has 10 nitrogen and oxygen atoms in total. The molecule has 0 unspecified atom stereocenters. The highest BCUT2D eigenvalue weighted by atomic mass is 16.5. The molecule has 6 N–H and O–H groups in total. The van der Waals surface area contributed by atoms with Gasteiger partial charge in [0.2, 0.25) is 18.0 Å². The average molecular weight is 545 g/mol. The lowest BCUT2D eigenvalue weighted by atomic mass is 10.0. The van der Waals surface area contributed by atoms with Gasteiger partial charge in [0.05, 0.1) is 0 Å². The maximum absolute atomic E-state index is 13.3. The Morgan fingerprint density at radius 1 is 0.875 bits per heavy atom. The Morgan fingerprint density at radius 3 is 2.08 bits per heavy atom. The van der Waals surface area contributed by atoms with E-state index >= 15 is 0 Å². The Balaban J connectivity index is 1.36. The van der Waals surface area contributed by atoms with Crippen LogP contribution in [0.3, 0.4) is 0 Å². The molecular weight excluding hydrogens is 512 g/mol. The van der Waals surface area contributed by atoms with E-state index in [1.165, 1.54) is 0 Å². The van der Waals surface area contributed by atoms with Gasteiger partial charge in [-0.1, -0.05) is 72.8 Å². The summed E-state index contributed by atoms with van der Waals surface area (Å²) in [6.07, 6.45) is 0.354. The summed E-state index contributed by atoms with van der Waals surface area (Å²) in [5.74, 6) is -1.84. The molecule has 1 saturated heterocycles. The number of nitrogens with one attached hydrogen (secondary N) is 3. The predicted molar refractivity (Wildman–Crippen MR) is 147 cm³/mol. The molecular formula is C30H32N4O6. The lowest BCUT2D eigenvalue weighted by Gasteiger charge is -2.37. The second-order valence-electron chi connectivity index (χ2n) is 9.62. The summed E-state index contributed by atoms with van der Waals surface area (Å²) >= 11 is 0. The number of hydrogen-bond donors (Lipinski definition) is 5. The number of ether oxygens (including phenoxy) is 1. The zero-order chi connectivity index (χ0) is 28.5. The molecule has 0 aliphatic carbocycles. The minimum Gasteiger partial charge on any atom is -0.480 e. The summed E-state index contributed by atoms with van der Waals surface area (Å²) < 4.78 is 5.83. The van der Waals surface area contributed by atoms with Crippen molar-refractivity contribution in [2.24, 2.45) is 5.73 Å². The molecule has 1 aliphatic heterocycles. The van der Waals surface area contributed by atoms with Gasteiger partial charge in [0.25, 0.3) is 5.91 Å². The van der Waals surface area contributed by atoms with Crippen LogP contribution >= 0.6 is 0 Å². The first kappa shape index (κ1) is 28.3. The van der Waals surface area contributed by atoms with Gasteiger partial charge in [-0.25, -0.2) is 0 Å². The molecule has 0 bridgehead atoms. The number of aliphatic carboxylic acids is 1. The number of carbonyl (C=O) groups is 4. The highest BCUT2D eigenvalue weighted by Crippen LogP contribution is 2.18. The first-order chi connectivity index (χ1) is 19.3. The third kappa shape index (κ3) is 7.90. The summed E-state index contributed by atoms with van der Waals surface area (Å²) in [5.41, 5.74) is 8.18. The van der Waals surface area contributed by atoms with Gasteiger partial charge < -0.3 is 31.5 Å². The summed E-state index contributed by atoms with van der Waals surface area (Å²) in [5, 5.41) is 17.1. The van der Waals surface area contributed by atoms with E-state index in [-0.39, 0.29) is 25.2 Å².